The van der Waals surface area contributed by atoms with Gasteiger partial charge in [-0.15, -0.1) is 20.4 Å². The summed E-state index contributed by atoms with van der Waals surface area (Å²) in [6.07, 6.45) is 10.3. The Morgan fingerprint density at radius 2 is 1.03 bits per heavy atom. The summed E-state index contributed by atoms with van der Waals surface area (Å²) >= 11 is 0. The highest BCUT2D eigenvalue weighted by Crippen LogP contribution is 2.25. The maximum Gasteiger partial charge on any atom is 0.248 e. The Kier molecular flexibility index (Phi) is 6.74. The van der Waals surface area contributed by atoms with Crippen molar-refractivity contribution < 1.29 is 4.42 Å². The van der Waals surface area contributed by atoms with Gasteiger partial charge in [-0.3, -0.25) is 0 Å². The minimum Gasteiger partial charge on any atom is -0.416 e. The van der Waals surface area contributed by atoms with E-state index < -0.39 is 0 Å². The summed E-state index contributed by atoms with van der Waals surface area (Å²) in [5.41, 5.74) is 5.57. The van der Waals surface area contributed by atoms with Crippen LogP contribution in [0.25, 0.3) is 34.3 Å². The monoisotopic (exact) mass is 468 g/mol. The molecule has 3 aromatic heterocycles. The van der Waals surface area contributed by atoms with E-state index in [-0.39, 0.29) is 0 Å². The van der Waals surface area contributed by atoms with Crippen molar-refractivity contribution in [1.29, 1.82) is 0 Å². The van der Waals surface area contributed by atoms with Crippen molar-refractivity contribution in [2.24, 2.45) is 0 Å². The SMILES string of the molecule is CCCCc1cn(-c2ccc(-c3nnc(-c4ccc(-n5cc(CCCC)nn5)cc4)o3)cc2)nn1. The molecule has 0 saturated carbocycles. The molecule has 3 heterocycles. The lowest BCUT2D eigenvalue weighted by molar-refractivity contribution is 0.584. The van der Waals surface area contributed by atoms with Crippen LogP contribution in [0.2, 0.25) is 0 Å². The van der Waals surface area contributed by atoms with E-state index in [0.717, 1.165) is 72.4 Å². The van der Waals surface area contributed by atoms with Crippen LogP contribution in [-0.2, 0) is 12.8 Å². The molecule has 2 aromatic carbocycles. The predicted molar refractivity (Wildman–Crippen MR) is 132 cm³/mol. The van der Waals surface area contributed by atoms with Crippen LogP contribution in [0, 0.1) is 0 Å². The topological polar surface area (TPSA) is 100 Å². The minimum atomic E-state index is 0.467. The molecule has 0 N–H and O–H groups in total. The lowest BCUT2D eigenvalue weighted by Gasteiger charge is -2.01. The maximum atomic E-state index is 5.95. The van der Waals surface area contributed by atoms with E-state index in [1.807, 2.05) is 60.9 Å². The molecule has 0 atom stereocenters. The second-order valence-electron chi connectivity index (χ2n) is 8.52. The summed E-state index contributed by atoms with van der Waals surface area (Å²) in [6, 6.07) is 15.7. The molecule has 0 fully saturated rings. The normalized spacial score (nSPS) is 11.3. The van der Waals surface area contributed by atoms with Crippen molar-refractivity contribution in [1.82, 2.24) is 40.2 Å². The number of benzene rings is 2. The molecule has 178 valence electrons. The molecule has 0 aliphatic heterocycles. The fourth-order valence-corrected chi connectivity index (χ4v) is 3.76. The van der Waals surface area contributed by atoms with Crippen LogP contribution in [-0.4, -0.2) is 40.2 Å². The zero-order chi connectivity index (χ0) is 24.0. The fourth-order valence-electron chi connectivity index (χ4n) is 3.76. The molecule has 9 heteroatoms. The molecule has 0 amide bonds. The highest BCUT2D eigenvalue weighted by atomic mass is 16.4. The third kappa shape index (κ3) is 5.18. The van der Waals surface area contributed by atoms with E-state index in [4.69, 9.17) is 4.42 Å². The van der Waals surface area contributed by atoms with Crippen molar-refractivity contribution in [3.8, 4) is 34.3 Å². The van der Waals surface area contributed by atoms with Gasteiger partial charge in [-0.1, -0.05) is 37.1 Å². The third-order valence-corrected chi connectivity index (χ3v) is 5.84. The van der Waals surface area contributed by atoms with Crippen molar-refractivity contribution >= 4 is 0 Å². The molecule has 0 aliphatic rings. The Morgan fingerprint density at radius 3 is 1.43 bits per heavy atom. The Hall–Kier alpha value is -4.14. The number of rotatable bonds is 10. The summed E-state index contributed by atoms with van der Waals surface area (Å²) in [4.78, 5) is 0. The van der Waals surface area contributed by atoms with E-state index in [1.165, 1.54) is 0 Å². The highest BCUT2D eigenvalue weighted by molar-refractivity contribution is 5.60. The smallest absolute Gasteiger partial charge is 0.248 e. The average molecular weight is 469 g/mol. The summed E-state index contributed by atoms with van der Waals surface area (Å²) in [7, 11) is 0. The van der Waals surface area contributed by atoms with Gasteiger partial charge in [0.15, 0.2) is 0 Å². The minimum absolute atomic E-state index is 0.467. The lowest BCUT2D eigenvalue weighted by Crippen LogP contribution is -1.94. The van der Waals surface area contributed by atoms with E-state index in [0.29, 0.717) is 11.8 Å². The summed E-state index contributed by atoms with van der Waals surface area (Å²) in [5.74, 6) is 0.935. The summed E-state index contributed by atoms with van der Waals surface area (Å²) in [5, 5.41) is 25.4. The molecule has 0 bridgehead atoms. The molecular weight excluding hydrogens is 440 g/mol. The first-order valence-electron chi connectivity index (χ1n) is 12.1. The molecular formula is C26H28N8O. The van der Waals surface area contributed by atoms with Gasteiger partial charge in [0, 0.05) is 11.1 Å². The molecule has 0 radical (unpaired) electrons. The number of aryl methyl sites for hydroxylation is 2. The standard InChI is InChI=1S/C26H28N8O/c1-3-5-7-21-17-33(31-27-21)23-13-9-19(10-14-23)25-29-30-26(35-25)20-11-15-24(16-12-20)34-18-22(28-32-34)8-6-4-2/h9-18H,3-8H2,1-2H3. The predicted octanol–water partition coefficient (Wildman–Crippen LogP) is 5.25. The van der Waals surface area contributed by atoms with Crippen LogP contribution in [0.4, 0.5) is 0 Å². The van der Waals surface area contributed by atoms with Crippen LogP contribution in [0.5, 0.6) is 0 Å². The van der Waals surface area contributed by atoms with E-state index >= 15 is 0 Å². The quantitative estimate of drug-likeness (QED) is 0.276. The van der Waals surface area contributed by atoms with Crippen molar-refractivity contribution in [3.63, 3.8) is 0 Å². The Balaban J connectivity index is 1.27. The van der Waals surface area contributed by atoms with E-state index in [9.17, 15) is 0 Å². The van der Waals surface area contributed by atoms with Crippen LogP contribution >= 0.6 is 0 Å². The van der Waals surface area contributed by atoms with Crippen molar-refractivity contribution in [2.45, 2.75) is 52.4 Å². The second-order valence-corrected chi connectivity index (χ2v) is 8.52. The largest absolute Gasteiger partial charge is 0.416 e. The van der Waals surface area contributed by atoms with Gasteiger partial charge in [-0.25, -0.2) is 9.36 Å². The number of nitrogens with zero attached hydrogens (tertiary/aromatic N) is 8. The zero-order valence-electron chi connectivity index (χ0n) is 20.0. The Bertz CT molecular complexity index is 1260. The van der Waals surface area contributed by atoms with E-state index in [2.05, 4.69) is 44.7 Å². The summed E-state index contributed by atoms with van der Waals surface area (Å²) < 4.78 is 9.53. The number of hydrogen-bond donors (Lipinski definition) is 0. The van der Waals surface area contributed by atoms with Gasteiger partial charge >= 0.3 is 0 Å². The Morgan fingerprint density at radius 1 is 0.600 bits per heavy atom. The number of unbranched alkanes of at least 4 members (excludes halogenated alkanes) is 2. The Labute approximate surface area is 203 Å². The first kappa shape index (κ1) is 22.6. The van der Waals surface area contributed by atoms with E-state index in [1.54, 1.807) is 9.36 Å². The average Bonchev–Trinajstić information content (AvgIpc) is 3.67. The van der Waals surface area contributed by atoms with Crippen molar-refractivity contribution in [2.75, 3.05) is 0 Å². The lowest BCUT2D eigenvalue weighted by atomic mass is 10.2. The van der Waals surface area contributed by atoms with Crippen LogP contribution in [0.15, 0.2) is 65.3 Å². The molecule has 0 spiro atoms. The van der Waals surface area contributed by atoms with Crippen LogP contribution < -0.4 is 0 Å². The molecule has 0 saturated heterocycles. The maximum absolute atomic E-state index is 5.95. The third-order valence-electron chi connectivity index (χ3n) is 5.84. The fraction of sp³-hybridized carbons (Fsp3) is 0.308. The molecule has 9 nitrogen and oxygen atoms in total. The van der Waals surface area contributed by atoms with Gasteiger partial charge < -0.3 is 4.42 Å². The van der Waals surface area contributed by atoms with Gasteiger partial charge in [-0.05, 0) is 74.2 Å². The van der Waals surface area contributed by atoms with Crippen LogP contribution in [0.1, 0.15) is 50.9 Å². The van der Waals surface area contributed by atoms with Gasteiger partial charge in [0.05, 0.1) is 35.2 Å². The number of aromatic nitrogens is 8. The van der Waals surface area contributed by atoms with Gasteiger partial charge in [0.1, 0.15) is 0 Å². The summed E-state index contributed by atoms with van der Waals surface area (Å²) in [6.45, 7) is 4.34. The molecule has 5 rings (SSSR count). The molecule has 35 heavy (non-hydrogen) atoms. The van der Waals surface area contributed by atoms with Crippen LogP contribution in [0.3, 0.4) is 0 Å². The first-order chi connectivity index (χ1) is 17.2. The highest BCUT2D eigenvalue weighted by Gasteiger charge is 2.12. The van der Waals surface area contributed by atoms with Crippen molar-refractivity contribution in [3.05, 3.63) is 72.3 Å². The number of hydrogen-bond acceptors (Lipinski definition) is 7. The van der Waals surface area contributed by atoms with Gasteiger partial charge in [-0.2, -0.15) is 0 Å². The second kappa shape index (κ2) is 10.4. The van der Waals surface area contributed by atoms with Gasteiger partial charge in [0.25, 0.3) is 0 Å². The molecule has 0 aliphatic carbocycles. The zero-order valence-corrected chi connectivity index (χ0v) is 20.0. The first-order valence-corrected chi connectivity index (χ1v) is 12.1. The molecule has 5 aromatic rings. The van der Waals surface area contributed by atoms with Gasteiger partial charge in [0.2, 0.25) is 11.8 Å². The molecule has 0 unspecified atom stereocenters.